The van der Waals surface area contributed by atoms with Crippen molar-refractivity contribution < 1.29 is 29.4 Å². The maximum absolute atomic E-state index is 13.4. The van der Waals surface area contributed by atoms with Gasteiger partial charge >= 0.3 is 5.97 Å². The van der Waals surface area contributed by atoms with Crippen LogP contribution in [0, 0.1) is 11.8 Å². The van der Waals surface area contributed by atoms with E-state index < -0.39 is 47.9 Å². The highest BCUT2D eigenvalue weighted by Crippen LogP contribution is 2.14. The number of phenolic OH excluding ortho intramolecular Hbond substituents is 1. The first-order chi connectivity index (χ1) is 18.8. The number of carbonyl (C=O) groups is 4. The maximum atomic E-state index is 13.4. The lowest BCUT2D eigenvalue weighted by Crippen LogP contribution is -2.58. The summed E-state index contributed by atoms with van der Waals surface area (Å²) in [6.07, 6.45) is 1.67. The molecule has 1 aromatic carbocycles. The molecule has 0 fully saturated rings. The molecule has 224 valence electrons. The Morgan fingerprint density at radius 3 is 1.95 bits per heavy atom. The molecule has 0 aliphatic rings. The van der Waals surface area contributed by atoms with E-state index in [4.69, 9.17) is 17.2 Å². The summed E-state index contributed by atoms with van der Waals surface area (Å²) in [4.78, 5) is 55.3. The number of aliphatic carboxylic acids is 1. The van der Waals surface area contributed by atoms with Crippen molar-refractivity contribution >= 4 is 29.7 Å². The molecule has 6 atom stereocenters. The van der Waals surface area contributed by atoms with Gasteiger partial charge in [0, 0.05) is 13.0 Å². The lowest BCUT2D eigenvalue weighted by Gasteiger charge is -2.27. The van der Waals surface area contributed by atoms with Gasteiger partial charge in [0.2, 0.25) is 17.7 Å². The molecule has 13 heteroatoms. The van der Waals surface area contributed by atoms with Crippen LogP contribution in [0.1, 0.15) is 58.9 Å². The summed E-state index contributed by atoms with van der Waals surface area (Å²) >= 11 is 0. The van der Waals surface area contributed by atoms with Crippen molar-refractivity contribution in [2.75, 3.05) is 6.54 Å². The molecule has 0 aliphatic heterocycles. The number of carbonyl (C=O) groups excluding carboxylic acids is 3. The molecule has 1 rings (SSSR count). The van der Waals surface area contributed by atoms with Crippen molar-refractivity contribution in [2.45, 2.75) is 84.0 Å². The first kappa shape index (κ1) is 34.2. The Bertz CT molecular complexity index is 1010. The Hall–Kier alpha value is -3.87. The van der Waals surface area contributed by atoms with Crippen molar-refractivity contribution in [3.63, 3.8) is 0 Å². The fraction of sp³-hybridized carbons (Fsp3) is 0.593. The molecule has 1 aromatic rings. The van der Waals surface area contributed by atoms with Gasteiger partial charge in [-0.15, -0.1) is 0 Å². The summed E-state index contributed by atoms with van der Waals surface area (Å²) in [5, 5.41) is 27.2. The van der Waals surface area contributed by atoms with E-state index in [1.807, 2.05) is 20.8 Å². The van der Waals surface area contributed by atoms with Crippen molar-refractivity contribution in [2.24, 2.45) is 34.0 Å². The van der Waals surface area contributed by atoms with Crippen molar-refractivity contribution in [3.8, 4) is 5.75 Å². The van der Waals surface area contributed by atoms with Crippen molar-refractivity contribution in [1.82, 2.24) is 16.0 Å². The van der Waals surface area contributed by atoms with Gasteiger partial charge in [-0.3, -0.25) is 19.4 Å². The lowest BCUT2D eigenvalue weighted by atomic mass is 9.97. The first-order valence-corrected chi connectivity index (χ1v) is 13.5. The third-order valence-corrected chi connectivity index (χ3v) is 6.92. The number of carboxylic acid groups (broad SMARTS) is 1. The number of amides is 3. The minimum absolute atomic E-state index is 0.00570. The predicted molar refractivity (Wildman–Crippen MR) is 152 cm³/mol. The van der Waals surface area contributed by atoms with E-state index in [0.29, 0.717) is 24.8 Å². The van der Waals surface area contributed by atoms with Gasteiger partial charge in [0.25, 0.3) is 0 Å². The average Bonchev–Trinajstić information content (AvgIpc) is 2.91. The second-order valence-electron chi connectivity index (χ2n) is 10.1. The number of nitrogens with one attached hydrogen (secondary N) is 3. The zero-order chi connectivity index (χ0) is 30.4. The fourth-order valence-electron chi connectivity index (χ4n) is 3.84. The highest BCUT2D eigenvalue weighted by atomic mass is 16.4. The largest absolute Gasteiger partial charge is 0.508 e. The Kier molecular flexibility index (Phi) is 14.5. The minimum atomic E-state index is -1.19. The molecular formula is C27H45N7O6. The van der Waals surface area contributed by atoms with Crippen LogP contribution in [0.5, 0.6) is 5.75 Å². The van der Waals surface area contributed by atoms with Crippen LogP contribution in [-0.4, -0.2) is 70.6 Å². The molecule has 13 nitrogen and oxygen atoms in total. The summed E-state index contributed by atoms with van der Waals surface area (Å²) in [6.45, 7) is 7.45. The van der Waals surface area contributed by atoms with E-state index in [-0.39, 0.29) is 42.9 Å². The van der Waals surface area contributed by atoms with Crippen molar-refractivity contribution in [1.29, 1.82) is 0 Å². The Morgan fingerprint density at radius 1 is 0.875 bits per heavy atom. The number of carboxylic acids is 1. The zero-order valence-electron chi connectivity index (χ0n) is 23.7. The van der Waals surface area contributed by atoms with Crippen LogP contribution >= 0.6 is 0 Å². The van der Waals surface area contributed by atoms with E-state index in [9.17, 15) is 29.4 Å². The number of phenols is 1. The monoisotopic (exact) mass is 563 g/mol. The van der Waals surface area contributed by atoms with Gasteiger partial charge in [-0.05, 0) is 42.4 Å². The molecule has 0 saturated carbocycles. The Balaban J connectivity index is 3.23. The molecule has 3 amide bonds. The first-order valence-electron chi connectivity index (χ1n) is 13.5. The molecular weight excluding hydrogens is 518 g/mol. The van der Waals surface area contributed by atoms with Gasteiger partial charge in [-0.2, -0.15) is 0 Å². The number of nitrogens with zero attached hydrogens (tertiary/aromatic N) is 1. The van der Waals surface area contributed by atoms with Gasteiger partial charge < -0.3 is 43.4 Å². The number of nitrogens with two attached hydrogens (primary N) is 3. The quantitative estimate of drug-likeness (QED) is 0.0719. The van der Waals surface area contributed by atoms with Crippen LogP contribution < -0.4 is 33.2 Å². The number of aliphatic imine (C=N–C) groups is 1. The standard InChI is InChI=1S/C27H45N7O6/c1-5-15(3)21(28)25(38)32-19(8-7-13-31-27(29)30)23(36)33-20(14-17-9-11-18(35)12-10-17)24(37)34-22(26(39)40)16(4)6-2/h9-12,15-16,19-22,35H,5-8,13-14,28H2,1-4H3,(H,32,38)(H,33,36)(H,34,37)(H,39,40)(H4,29,30,31). The molecule has 0 saturated heterocycles. The SMILES string of the molecule is CCC(C)C(N)C(=O)NC(CCCN=C(N)N)C(=O)NC(Cc1ccc(O)cc1)C(=O)NC(C(=O)O)C(C)CC. The van der Waals surface area contributed by atoms with E-state index in [2.05, 4.69) is 20.9 Å². The number of hydrogen-bond donors (Lipinski definition) is 8. The smallest absolute Gasteiger partial charge is 0.326 e. The summed E-state index contributed by atoms with van der Waals surface area (Å²) in [5.41, 5.74) is 17.4. The highest BCUT2D eigenvalue weighted by molar-refractivity contribution is 5.94. The molecule has 11 N–H and O–H groups in total. The fourth-order valence-corrected chi connectivity index (χ4v) is 3.84. The van der Waals surface area contributed by atoms with E-state index in [1.165, 1.54) is 12.1 Å². The molecule has 0 heterocycles. The third-order valence-electron chi connectivity index (χ3n) is 6.92. The van der Waals surface area contributed by atoms with Gasteiger partial charge in [-0.25, -0.2) is 4.79 Å². The second kappa shape index (κ2) is 17.0. The maximum Gasteiger partial charge on any atom is 0.326 e. The van der Waals surface area contributed by atoms with Crippen LogP contribution in [0.2, 0.25) is 0 Å². The minimum Gasteiger partial charge on any atom is -0.508 e. The molecule has 0 spiro atoms. The summed E-state index contributed by atoms with van der Waals surface area (Å²) in [5.74, 6) is -3.64. The second-order valence-corrected chi connectivity index (χ2v) is 10.1. The number of hydrogen-bond acceptors (Lipinski definition) is 7. The summed E-state index contributed by atoms with van der Waals surface area (Å²) in [6, 6.07) is 1.80. The van der Waals surface area contributed by atoms with Gasteiger partial charge in [0.15, 0.2) is 5.96 Å². The van der Waals surface area contributed by atoms with Crippen LogP contribution in [0.4, 0.5) is 0 Å². The van der Waals surface area contributed by atoms with Crippen LogP contribution in [0.15, 0.2) is 29.3 Å². The molecule has 0 radical (unpaired) electrons. The topological polar surface area (TPSA) is 235 Å². The molecule has 0 aliphatic carbocycles. The normalized spacial score (nSPS) is 15.4. The summed E-state index contributed by atoms with van der Waals surface area (Å²) < 4.78 is 0. The molecule has 0 bridgehead atoms. The Morgan fingerprint density at radius 2 is 1.43 bits per heavy atom. The average molecular weight is 564 g/mol. The zero-order valence-corrected chi connectivity index (χ0v) is 23.7. The lowest BCUT2D eigenvalue weighted by molar-refractivity contribution is -0.143. The number of guanidine groups is 1. The van der Waals surface area contributed by atoms with E-state index >= 15 is 0 Å². The van der Waals surface area contributed by atoms with Crippen LogP contribution in [0.3, 0.4) is 0 Å². The third kappa shape index (κ3) is 11.5. The van der Waals surface area contributed by atoms with Gasteiger partial charge in [-0.1, -0.05) is 52.7 Å². The number of benzene rings is 1. The predicted octanol–water partition coefficient (Wildman–Crippen LogP) is -0.0532. The van der Waals surface area contributed by atoms with Crippen molar-refractivity contribution in [3.05, 3.63) is 29.8 Å². The molecule has 40 heavy (non-hydrogen) atoms. The Labute approximate surface area is 235 Å². The van der Waals surface area contributed by atoms with Crippen LogP contribution in [-0.2, 0) is 25.6 Å². The highest BCUT2D eigenvalue weighted by Gasteiger charge is 2.32. The molecule has 6 unspecified atom stereocenters. The van der Waals surface area contributed by atoms with Crippen LogP contribution in [0.25, 0.3) is 0 Å². The summed E-state index contributed by atoms with van der Waals surface area (Å²) in [7, 11) is 0. The van der Waals surface area contributed by atoms with Gasteiger partial charge in [0.1, 0.15) is 23.9 Å². The van der Waals surface area contributed by atoms with Gasteiger partial charge in [0.05, 0.1) is 6.04 Å². The van der Waals surface area contributed by atoms with E-state index in [1.54, 1.807) is 19.1 Å². The van der Waals surface area contributed by atoms with E-state index in [0.717, 1.165) is 0 Å². The number of aromatic hydroxyl groups is 1. The molecule has 0 aromatic heterocycles. The number of rotatable bonds is 17.